The minimum absolute atomic E-state index is 0.215. The van der Waals surface area contributed by atoms with Gasteiger partial charge in [-0.2, -0.15) is 4.98 Å². The van der Waals surface area contributed by atoms with Crippen LogP contribution in [0.25, 0.3) is 22.0 Å². The number of hydrogen-bond donors (Lipinski definition) is 1. The SMILES string of the molecule is Cc1cc(N)ccc1-c1cc(F)cc2c(N3CCC(c4noc(C(C)C)n4)CC3)ncnc12. The molecule has 1 saturated heterocycles. The van der Waals surface area contributed by atoms with E-state index >= 15 is 0 Å². The van der Waals surface area contributed by atoms with E-state index in [0.29, 0.717) is 17.0 Å². The number of aryl methyl sites for hydroxylation is 1. The molecule has 1 aliphatic heterocycles. The molecule has 2 aromatic heterocycles. The van der Waals surface area contributed by atoms with Gasteiger partial charge in [-0.05, 0) is 55.2 Å². The summed E-state index contributed by atoms with van der Waals surface area (Å²) in [4.78, 5) is 15.8. The Morgan fingerprint density at radius 1 is 1.09 bits per heavy atom. The molecule has 0 bridgehead atoms. The zero-order valence-electron chi connectivity index (χ0n) is 19.0. The fourth-order valence-corrected chi connectivity index (χ4v) is 4.56. The van der Waals surface area contributed by atoms with E-state index in [9.17, 15) is 4.39 Å². The van der Waals surface area contributed by atoms with E-state index in [1.54, 1.807) is 6.33 Å². The summed E-state index contributed by atoms with van der Waals surface area (Å²) >= 11 is 0. The van der Waals surface area contributed by atoms with Crippen molar-refractivity contribution in [2.45, 2.75) is 45.4 Å². The Balaban J connectivity index is 1.46. The summed E-state index contributed by atoms with van der Waals surface area (Å²) in [5.41, 5.74) is 9.96. The number of nitrogens with two attached hydrogens (primary N) is 1. The average molecular weight is 447 g/mol. The summed E-state index contributed by atoms with van der Waals surface area (Å²) in [5, 5.41) is 4.90. The van der Waals surface area contributed by atoms with Crippen LogP contribution >= 0.6 is 0 Å². The first-order chi connectivity index (χ1) is 15.9. The Labute approximate surface area is 191 Å². The van der Waals surface area contributed by atoms with Gasteiger partial charge < -0.3 is 15.2 Å². The summed E-state index contributed by atoms with van der Waals surface area (Å²) in [5.74, 6) is 2.35. The zero-order valence-corrected chi connectivity index (χ0v) is 19.0. The Bertz CT molecular complexity index is 1310. The number of rotatable bonds is 4. The highest BCUT2D eigenvalue weighted by molar-refractivity contribution is 6.00. The van der Waals surface area contributed by atoms with Gasteiger partial charge in [-0.15, -0.1) is 0 Å². The number of halogens is 1. The van der Waals surface area contributed by atoms with Gasteiger partial charge in [-0.1, -0.05) is 25.1 Å². The molecule has 0 saturated carbocycles. The van der Waals surface area contributed by atoms with Crippen molar-refractivity contribution in [2.24, 2.45) is 0 Å². The van der Waals surface area contributed by atoms with Crippen LogP contribution < -0.4 is 10.6 Å². The molecular formula is C25H27FN6O. The van der Waals surface area contributed by atoms with E-state index in [0.717, 1.165) is 59.8 Å². The van der Waals surface area contributed by atoms with Gasteiger partial charge in [0.1, 0.15) is 18.0 Å². The molecular weight excluding hydrogens is 419 g/mol. The van der Waals surface area contributed by atoms with Crippen molar-refractivity contribution in [3.05, 3.63) is 59.8 Å². The van der Waals surface area contributed by atoms with Gasteiger partial charge in [0.2, 0.25) is 5.89 Å². The molecule has 3 heterocycles. The predicted octanol–water partition coefficient (Wildman–Crippen LogP) is 5.22. The second-order valence-corrected chi connectivity index (χ2v) is 9.03. The fourth-order valence-electron chi connectivity index (χ4n) is 4.56. The Kier molecular flexibility index (Phi) is 5.44. The molecule has 33 heavy (non-hydrogen) atoms. The van der Waals surface area contributed by atoms with Gasteiger partial charge >= 0.3 is 0 Å². The van der Waals surface area contributed by atoms with Crippen molar-refractivity contribution in [3.8, 4) is 11.1 Å². The van der Waals surface area contributed by atoms with Gasteiger partial charge in [-0.25, -0.2) is 14.4 Å². The number of piperidine rings is 1. The van der Waals surface area contributed by atoms with Crippen LogP contribution in [0.3, 0.4) is 0 Å². The minimum atomic E-state index is -0.312. The maximum atomic E-state index is 14.8. The number of hydrogen-bond acceptors (Lipinski definition) is 7. The predicted molar refractivity (Wildman–Crippen MR) is 127 cm³/mol. The molecule has 5 rings (SSSR count). The fraction of sp³-hybridized carbons (Fsp3) is 0.360. The third-order valence-electron chi connectivity index (χ3n) is 6.33. The molecule has 1 aliphatic rings. The van der Waals surface area contributed by atoms with Crippen molar-refractivity contribution in [1.82, 2.24) is 20.1 Å². The lowest BCUT2D eigenvalue weighted by molar-refractivity contribution is 0.353. The number of aromatic nitrogens is 4. The molecule has 0 unspecified atom stereocenters. The normalized spacial score (nSPS) is 15.0. The average Bonchev–Trinajstić information content (AvgIpc) is 3.29. The number of benzene rings is 2. The van der Waals surface area contributed by atoms with E-state index in [4.69, 9.17) is 10.3 Å². The first-order valence-electron chi connectivity index (χ1n) is 11.3. The second-order valence-electron chi connectivity index (χ2n) is 9.03. The van der Waals surface area contributed by atoms with E-state index in [2.05, 4.69) is 25.0 Å². The monoisotopic (exact) mass is 446 g/mol. The molecule has 8 heteroatoms. The Morgan fingerprint density at radius 3 is 2.58 bits per heavy atom. The standard InChI is InChI=1S/C25H27FN6O/c1-14(2)25-30-23(31-33-25)16-6-8-32(9-7-16)24-21-12-17(26)11-20(22(21)28-13-29-24)19-5-4-18(27)10-15(19)3/h4-5,10-14,16H,6-9,27H2,1-3H3. The Hall–Kier alpha value is -3.55. The largest absolute Gasteiger partial charge is 0.399 e. The minimum Gasteiger partial charge on any atom is -0.399 e. The van der Waals surface area contributed by atoms with Crippen molar-refractivity contribution in [1.29, 1.82) is 0 Å². The maximum absolute atomic E-state index is 14.8. The summed E-state index contributed by atoms with van der Waals surface area (Å²) in [7, 11) is 0. The van der Waals surface area contributed by atoms with Crippen LogP contribution in [0.5, 0.6) is 0 Å². The van der Waals surface area contributed by atoms with E-state index in [1.165, 1.54) is 12.1 Å². The molecule has 2 aromatic carbocycles. The highest BCUT2D eigenvalue weighted by Crippen LogP contribution is 2.36. The lowest BCUT2D eigenvalue weighted by Crippen LogP contribution is -2.34. The van der Waals surface area contributed by atoms with Gasteiger partial charge in [0, 0.05) is 41.6 Å². The van der Waals surface area contributed by atoms with Crippen molar-refractivity contribution < 1.29 is 8.91 Å². The van der Waals surface area contributed by atoms with Gasteiger partial charge in [0.05, 0.1) is 5.52 Å². The van der Waals surface area contributed by atoms with E-state index < -0.39 is 0 Å². The molecule has 170 valence electrons. The van der Waals surface area contributed by atoms with Crippen LogP contribution in [0.15, 0.2) is 41.2 Å². The van der Waals surface area contributed by atoms with Crippen molar-refractivity contribution >= 4 is 22.4 Å². The third kappa shape index (κ3) is 4.01. The highest BCUT2D eigenvalue weighted by atomic mass is 19.1. The van der Waals surface area contributed by atoms with Crippen LogP contribution in [-0.4, -0.2) is 33.2 Å². The topological polar surface area (TPSA) is 94.0 Å². The van der Waals surface area contributed by atoms with E-state index in [-0.39, 0.29) is 17.7 Å². The first-order valence-corrected chi connectivity index (χ1v) is 11.3. The third-order valence-corrected chi connectivity index (χ3v) is 6.33. The number of nitrogen functional groups attached to an aromatic ring is 1. The number of anilines is 2. The van der Waals surface area contributed by atoms with Crippen LogP contribution in [-0.2, 0) is 0 Å². The lowest BCUT2D eigenvalue weighted by Gasteiger charge is -2.32. The molecule has 0 radical (unpaired) electrons. The summed E-state index contributed by atoms with van der Waals surface area (Å²) < 4.78 is 20.2. The highest BCUT2D eigenvalue weighted by Gasteiger charge is 2.27. The molecule has 4 aromatic rings. The molecule has 0 aliphatic carbocycles. The van der Waals surface area contributed by atoms with Crippen molar-refractivity contribution in [2.75, 3.05) is 23.7 Å². The molecule has 0 amide bonds. The first kappa shape index (κ1) is 21.3. The maximum Gasteiger partial charge on any atom is 0.229 e. The van der Waals surface area contributed by atoms with Crippen LogP contribution in [0.4, 0.5) is 15.9 Å². The van der Waals surface area contributed by atoms with Gasteiger partial charge in [0.25, 0.3) is 0 Å². The van der Waals surface area contributed by atoms with Gasteiger partial charge in [0.15, 0.2) is 5.82 Å². The van der Waals surface area contributed by atoms with Crippen LogP contribution in [0, 0.1) is 12.7 Å². The molecule has 0 spiro atoms. The number of fused-ring (bicyclic) bond motifs is 1. The molecule has 1 fully saturated rings. The Morgan fingerprint density at radius 2 is 1.88 bits per heavy atom. The summed E-state index contributed by atoms with van der Waals surface area (Å²) in [6.07, 6.45) is 3.31. The number of nitrogens with zero attached hydrogens (tertiary/aromatic N) is 5. The lowest BCUT2D eigenvalue weighted by atomic mass is 9.95. The molecule has 2 N–H and O–H groups in total. The smallest absolute Gasteiger partial charge is 0.229 e. The second kappa shape index (κ2) is 8.42. The summed E-state index contributed by atoms with van der Waals surface area (Å²) in [6.45, 7) is 7.60. The van der Waals surface area contributed by atoms with E-state index in [1.807, 2.05) is 39.0 Å². The zero-order chi connectivity index (χ0) is 23.1. The van der Waals surface area contributed by atoms with Gasteiger partial charge in [-0.3, -0.25) is 0 Å². The van der Waals surface area contributed by atoms with Crippen LogP contribution in [0.2, 0.25) is 0 Å². The van der Waals surface area contributed by atoms with Crippen molar-refractivity contribution in [3.63, 3.8) is 0 Å². The molecule has 7 nitrogen and oxygen atoms in total. The quantitative estimate of drug-likeness (QED) is 0.430. The summed E-state index contributed by atoms with van der Waals surface area (Å²) in [6, 6.07) is 8.70. The molecule has 0 atom stereocenters. The van der Waals surface area contributed by atoms with Crippen LogP contribution in [0.1, 0.15) is 55.8 Å².